The Morgan fingerprint density at radius 3 is 2.70 bits per heavy atom. The lowest BCUT2D eigenvalue weighted by molar-refractivity contribution is 0.102. The minimum atomic E-state index is -0.231. The van der Waals surface area contributed by atoms with Crippen molar-refractivity contribution < 1.29 is 9.32 Å². The molecule has 1 amide bonds. The zero-order valence-corrected chi connectivity index (χ0v) is 14.0. The van der Waals surface area contributed by atoms with Gasteiger partial charge < -0.3 is 4.52 Å². The van der Waals surface area contributed by atoms with E-state index in [1.54, 1.807) is 6.92 Å². The van der Waals surface area contributed by atoms with Crippen molar-refractivity contribution in [1.29, 1.82) is 0 Å². The fourth-order valence-electron chi connectivity index (χ4n) is 2.30. The summed E-state index contributed by atoms with van der Waals surface area (Å²) in [5.41, 5.74) is 4.17. The van der Waals surface area contributed by atoms with Gasteiger partial charge in [-0.1, -0.05) is 41.9 Å². The molecule has 3 aromatic rings. The van der Waals surface area contributed by atoms with Gasteiger partial charge in [0.1, 0.15) is 11.3 Å². The molecule has 3 rings (SSSR count). The largest absolute Gasteiger partial charge is 0.360 e. The van der Waals surface area contributed by atoms with Crippen LogP contribution < -0.4 is 5.32 Å². The summed E-state index contributed by atoms with van der Waals surface area (Å²) >= 11 is 1.40. The summed E-state index contributed by atoms with van der Waals surface area (Å²) in [4.78, 5) is 16.9. The maximum absolute atomic E-state index is 12.4. The molecule has 2 aromatic heterocycles. The predicted molar refractivity (Wildman–Crippen MR) is 90.9 cm³/mol. The highest BCUT2D eigenvalue weighted by Crippen LogP contribution is 2.26. The second kappa shape index (κ2) is 6.34. The number of hydrogen-bond acceptors (Lipinski definition) is 5. The number of nitrogens with zero attached hydrogens (tertiary/aromatic N) is 2. The quantitative estimate of drug-likeness (QED) is 0.778. The van der Waals surface area contributed by atoms with Gasteiger partial charge in [-0.25, -0.2) is 4.98 Å². The number of amides is 1. The first kappa shape index (κ1) is 15.4. The molecule has 1 aromatic carbocycles. The molecule has 0 bridgehead atoms. The van der Waals surface area contributed by atoms with Gasteiger partial charge in [0.15, 0.2) is 5.13 Å². The van der Waals surface area contributed by atoms with Crippen molar-refractivity contribution in [1.82, 2.24) is 10.1 Å². The van der Waals surface area contributed by atoms with Crippen molar-refractivity contribution in [3.63, 3.8) is 0 Å². The average molecular weight is 327 g/mol. The Morgan fingerprint density at radius 1 is 1.26 bits per heavy atom. The van der Waals surface area contributed by atoms with Gasteiger partial charge in [-0.15, -0.1) is 11.3 Å². The van der Waals surface area contributed by atoms with Crippen LogP contribution in [-0.4, -0.2) is 16.0 Å². The first-order valence-electron chi connectivity index (χ1n) is 7.37. The number of carbonyl (C=O) groups is 1. The molecule has 0 spiro atoms. The Labute approximate surface area is 138 Å². The summed E-state index contributed by atoms with van der Waals surface area (Å²) < 4.78 is 5.16. The molecule has 5 nitrogen and oxygen atoms in total. The minimum absolute atomic E-state index is 0.231. The number of aryl methyl sites for hydroxylation is 3. The summed E-state index contributed by atoms with van der Waals surface area (Å²) in [6.07, 6.45) is 0.621. The van der Waals surface area contributed by atoms with E-state index in [2.05, 4.69) is 15.5 Å². The zero-order valence-electron chi connectivity index (χ0n) is 13.2. The summed E-state index contributed by atoms with van der Waals surface area (Å²) in [6.45, 7) is 5.73. The van der Waals surface area contributed by atoms with Crippen LogP contribution in [0.25, 0.3) is 11.3 Å². The standard InChI is InChI=1S/C17H17N3O2S/c1-4-14-15(11(3)20-22-14)16(21)19-17-18-13(9-23-17)12-7-5-10(2)6-8-12/h5-9H,4H2,1-3H3,(H,18,19,21). The van der Waals surface area contributed by atoms with E-state index in [1.807, 2.05) is 43.5 Å². The summed E-state index contributed by atoms with van der Waals surface area (Å²) in [6, 6.07) is 8.13. The molecule has 1 N–H and O–H groups in total. The van der Waals surface area contributed by atoms with Gasteiger partial charge in [-0.2, -0.15) is 0 Å². The Kier molecular flexibility index (Phi) is 4.25. The van der Waals surface area contributed by atoms with Gasteiger partial charge in [0.2, 0.25) is 0 Å². The molecular weight excluding hydrogens is 310 g/mol. The van der Waals surface area contributed by atoms with Crippen molar-refractivity contribution in [3.8, 4) is 11.3 Å². The molecule has 0 aliphatic heterocycles. The van der Waals surface area contributed by atoms with E-state index in [1.165, 1.54) is 16.9 Å². The zero-order chi connectivity index (χ0) is 16.4. The third-order valence-corrected chi connectivity index (χ3v) is 4.31. The van der Waals surface area contributed by atoms with Crippen LogP contribution in [0.5, 0.6) is 0 Å². The molecule has 23 heavy (non-hydrogen) atoms. The second-order valence-electron chi connectivity index (χ2n) is 5.28. The second-order valence-corrected chi connectivity index (χ2v) is 6.14. The molecule has 0 fully saturated rings. The molecule has 0 saturated carbocycles. The van der Waals surface area contributed by atoms with Crippen LogP contribution in [0.4, 0.5) is 5.13 Å². The molecular formula is C17H17N3O2S. The monoisotopic (exact) mass is 327 g/mol. The van der Waals surface area contributed by atoms with E-state index in [0.29, 0.717) is 28.6 Å². The van der Waals surface area contributed by atoms with Gasteiger partial charge >= 0.3 is 0 Å². The molecule has 0 aliphatic carbocycles. The minimum Gasteiger partial charge on any atom is -0.360 e. The fourth-order valence-corrected chi connectivity index (χ4v) is 3.01. The lowest BCUT2D eigenvalue weighted by Crippen LogP contribution is -2.14. The first-order valence-corrected chi connectivity index (χ1v) is 8.25. The topological polar surface area (TPSA) is 68.0 Å². The molecule has 0 aliphatic rings. The highest BCUT2D eigenvalue weighted by molar-refractivity contribution is 7.14. The number of rotatable bonds is 4. The van der Waals surface area contributed by atoms with E-state index in [-0.39, 0.29) is 5.91 Å². The number of benzene rings is 1. The SMILES string of the molecule is CCc1onc(C)c1C(=O)Nc1nc(-c2ccc(C)cc2)cs1. The number of anilines is 1. The Hall–Kier alpha value is -2.47. The number of carbonyl (C=O) groups excluding carboxylic acids is 1. The van der Waals surface area contributed by atoms with Crippen LogP contribution in [0.1, 0.15) is 34.3 Å². The summed E-state index contributed by atoms with van der Waals surface area (Å²) in [7, 11) is 0. The van der Waals surface area contributed by atoms with E-state index in [9.17, 15) is 4.79 Å². The van der Waals surface area contributed by atoms with Crippen molar-refractivity contribution in [2.75, 3.05) is 5.32 Å². The van der Waals surface area contributed by atoms with Gasteiger partial charge in [0.05, 0.1) is 11.4 Å². The molecule has 6 heteroatoms. The van der Waals surface area contributed by atoms with E-state index < -0.39 is 0 Å². The maximum Gasteiger partial charge on any atom is 0.262 e. The molecule has 0 unspecified atom stereocenters. The van der Waals surface area contributed by atoms with Gasteiger partial charge in [-0.3, -0.25) is 10.1 Å². The van der Waals surface area contributed by atoms with Crippen molar-refractivity contribution in [2.45, 2.75) is 27.2 Å². The molecule has 0 atom stereocenters. The van der Waals surface area contributed by atoms with Crippen LogP contribution in [0.3, 0.4) is 0 Å². The van der Waals surface area contributed by atoms with Crippen molar-refractivity contribution in [3.05, 3.63) is 52.2 Å². The summed E-state index contributed by atoms with van der Waals surface area (Å²) in [5.74, 6) is 0.362. The fraction of sp³-hybridized carbons (Fsp3) is 0.235. The number of thiazole rings is 1. The first-order chi connectivity index (χ1) is 11.1. The highest BCUT2D eigenvalue weighted by atomic mass is 32.1. The number of aromatic nitrogens is 2. The highest BCUT2D eigenvalue weighted by Gasteiger charge is 2.20. The smallest absolute Gasteiger partial charge is 0.262 e. The third kappa shape index (κ3) is 3.17. The lowest BCUT2D eigenvalue weighted by atomic mass is 10.1. The van der Waals surface area contributed by atoms with Gasteiger partial charge in [0, 0.05) is 17.4 Å². The Morgan fingerprint density at radius 2 is 2.00 bits per heavy atom. The predicted octanol–water partition coefficient (Wildman–Crippen LogP) is 4.23. The van der Waals surface area contributed by atoms with Crippen LogP contribution in [0.2, 0.25) is 0 Å². The van der Waals surface area contributed by atoms with E-state index >= 15 is 0 Å². The van der Waals surface area contributed by atoms with E-state index in [0.717, 1.165) is 11.3 Å². The molecule has 118 valence electrons. The Balaban J connectivity index is 1.80. The summed E-state index contributed by atoms with van der Waals surface area (Å²) in [5, 5.41) is 9.18. The number of nitrogens with one attached hydrogen (secondary N) is 1. The lowest BCUT2D eigenvalue weighted by Gasteiger charge is -2.01. The van der Waals surface area contributed by atoms with Crippen LogP contribution >= 0.6 is 11.3 Å². The van der Waals surface area contributed by atoms with Crippen LogP contribution in [-0.2, 0) is 6.42 Å². The molecule has 0 radical (unpaired) electrons. The van der Waals surface area contributed by atoms with Crippen molar-refractivity contribution in [2.24, 2.45) is 0 Å². The van der Waals surface area contributed by atoms with Gasteiger partial charge in [-0.05, 0) is 13.8 Å². The van der Waals surface area contributed by atoms with Gasteiger partial charge in [0.25, 0.3) is 5.91 Å². The van der Waals surface area contributed by atoms with Crippen LogP contribution in [0.15, 0.2) is 34.2 Å². The average Bonchev–Trinajstić information content (AvgIpc) is 3.14. The normalized spacial score (nSPS) is 10.7. The molecule has 0 saturated heterocycles. The third-order valence-electron chi connectivity index (χ3n) is 3.55. The maximum atomic E-state index is 12.4. The number of hydrogen-bond donors (Lipinski definition) is 1. The Bertz CT molecular complexity index is 834. The van der Waals surface area contributed by atoms with Crippen molar-refractivity contribution >= 4 is 22.4 Å². The van der Waals surface area contributed by atoms with E-state index in [4.69, 9.17) is 4.52 Å². The molecule has 2 heterocycles. The van der Waals surface area contributed by atoms with Crippen LogP contribution in [0, 0.1) is 13.8 Å².